The number of nitrogens with zero attached hydrogens (tertiary/aromatic N) is 1. The molecule has 2 N–H and O–H groups in total. The summed E-state index contributed by atoms with van der Waals surface area (Å²) < 4.78 is 28.1. The first-order valence-electron chi connectivity index (χ1n) is 7.09. The van der Waals surface area contributed by atoms with Crippen molar-refractivity contribution in [2.75, 3.05) is 0 Å². The Bertz CT molecular complexity index is 737. The maximum absolute atomic E-state index is 14.1. The fourth-order valence-corrected chi connectivity index (χ4v) is 1.75. The van der Waals surface area contributed by atoms with Gasteiger partial charge in [-0.2, -0.15) is 0 Å². The van der Waals surface area contributed by atoms with E-state index < -0.39 is 34.9 Å². The van der Waals surface area contributed by atoms with Crippen LogP contribution in [0.15, 0.2) is 41.7 Å². The van der Waals surface area contributed by atoms with Crippen LogP contribution in [-0.4, -0.2) is 28.7 Å². The average Bonchev–Trinajstić information content (AvgIpc) is 2.51. The van der Waals surface area contributed by atoms with Crippen molar-refractivity contribution in [2.24, 2.45) is 4.99 Å². The number of rotatable bonds is 6. The number of allylic oxidation sites excluding steroid dienone is 2. The third-order valence-electron chi connectivity index (χ3n) is 2.90. The lowest BCUT2D eigenvalue weighted by Gasteiger charge is -2.11. The van der Waals surface area contributed by atoms with E-state index in [1.165, 1.54) is 6.07 Å². The first-order valence-corrected chi connectivity index (χ1v) is 7.09. The molecule has 0 unspecified atom stereocenters. The van der Waals surface area contributed by atoms with Gasteiger partial charge < -0.3 is 10.4 Å². The molecule has 0 aliphatic heterocycles. The number of hydrogen-bond donors (Lipinski definition) is 2. The van der Waals surface area contributed by atoms with E-state index in [1.807, 2.05) is 0 Å². The number of carboxylic acids is 1. The Morgan fingerprint density at radius 2 is 2.00 bits per heavy atom. The molecule has 0 radical (unpaired) electrons. The summed E-state index contributed by atoms with van der Waals surface area (Å²) in [6.45, 7) is 7.89. The standard InChI is InChI=1S/C17H18F2N2O3/c1-5-13(18)15(21-10(4)17(23)24)12-8-11(6-7-14(12)19)16(22)20-9(2)3/h5-9H,1H2,2-4H3,(H,20,22)(H,23,24)/b15-13+,21-10?. The Hall–Kier alpha value is -2.83. The van der Waals surface area contributed by atoms with Crippen LogP contribution in [0.3, 0.4) is 0 Å². The Balaban J connectivity index is 3.49. The summed E-state index contributed by atoms with van der Waals surface area (Å²) in [5.74, 6) is -3.69. The summed E-state index contributed by atoms with van der Waals surface area (Å²) in [6.07, 6.45) is 0.786. The van der Waals surface area contributed by atoms with Crippen molar-refractivity contribution in [3.8, 4) is 0 Å². The maximum Gasteiger partial charge on any atom is 0.349 e. The van der Waals surface area contributed by atoms with Crippen LogP contribution in [0.4, 0.5) is 8.78 Å². The number of carbonyl (C=O) groups excluding carboxylic acids is 1. The summed E-state index contributed by atoms with van der Waals surface area (Å²) in [6, 6.07) is 3.21. The molecule has 0 heterocycles. The van der Waals surface area contributed by atoms with Crippen LogP contribution in [0.5, 0.6) is 0 Å². The number of aliphatic carboxylic acids is 1. The monoisotopic (exact) mass is 336 g/mol. The van der Waals surface area contributed by atoms with Crippen molar-refractivity contribution in [1.82, 2.24) is 5.32 Å². The lowest BCUT2D eigenvalue weighted by Crippen LogP contribution is -2.30. The molecular weight excluding hydrogens is 318 g/mol. The van der Waals surface area contributed by atoms with Crippen LogP contribution in [-0.2, 0) is 4.79 Å². The highest BCUT2D eigenvalue weighted by atomic mass is 19.1. The number of carboxylic acid groups (broad SMARTS) is 1. The Kier molecular flexibility index (Phi) is 6.52. The largest absolute Gasteiger partial charge is 0.477 e. The SMILES string of the molecule is C=C/C(F)=C(\N=C(C)C(=O)O)c1cc(C(=O)NC(C)C)ccc1F. The molecule has 0 aromatic heterocycles. The molecule has 128 valence electrons. The summed E-state index contributed by atoms with van der Waals surface area (Å²) in [4.78, 5) is 26.5. The highest BCUT2D eigenvalue weighted by Crippen LogP contribution is 2.26. The lowest BCUT2D eigenvalue weighted by atomic mass is 10.1. The lowest BCUT2D eigenvalue weighted by molar-refractivity contribution is -0.129. The predicted octanol–water partition coefficient (Wildman–Crippen LogP) is 3.33. The zero-order valence-electron chi connectivity index (χ0n) is 13.6. The number of nitrogens with one attached hydrogen (secondary N) is 1. The molecule has 0 fully saturated rings. The third kappa shape index (κ3) is 4.84. The van der Waals surface area contributed by atoms with Crippen LogP contribution in [0.25, 0.3) is 5.70 Å². The van der Waals surface area contributed by atoms with Gasteiger partial charge in [0.15, 0.2) is 0 Å². The minimum atomic E-state index is -1.38. The van der Waals surface area contributed by atoms with Gasteiger partial charge in [0.25, 0.3) is 5.91 Å². The molecule has 0 saturated heterocycles. The fourth-order valence-electron chi connectivity index (χ4n) is 1.75. The van der Waals surface area contributed by atoms with Crippen molar-refractivity contribution in [1.29, 1.82) is 0 Å². The second kappa shape index (κ2) is 8.14. The van der Waals surface area contributed by atoms with Crippen LogP contribution < -0.4 is 5.32 Å². The van der Waals surface area contributed by atoms with E-state index in [0.29, 0.717) is 0 Å². The molecule has 1 aromatic rings. The van der Waals surface area contributed by atoms with Gasteiger partial charge in [0.05, 0.1) is 0 Å². The van der Waals surface area contributed by atoms with Crippen LogP contribution >= 0.6 is 0 Å². The minimum absolute atomic E-state index is 0.0950. The molecule has 1 rings (SSSR count). The van der Waals surface area contributed by atoms with E-state index in [1.54, 1.807) is 13.8 Å². The van der Waals surface area contributed by atoms with E-state index >= 15 is 0 Å². The summed E-state index contributed by atoms with van der Waals surface area (Å²) in [5.41, 5.74) is -1.21. The first-order chi connectivity index (χ1) is 11.2. The quantitative estimate of drug-likeness (QED) is 0.618. The van der Waals surface area contributed by atoms with Crippen molar-refractivity contribution < 1.29 is 23.5 Å². The molecule has 0 aliphatic rings. The zero-order valence-corrected chi connectivity index (χ0v) is 13.6. The minimum Gasteiger partial charge on any atom is -0.477 e. The Morgan fingerprint density at radius 1 is 1.38 bits per heavy atom. The van der Waals surface area contributed by atoms with Crippen LogP contribution in [0, 0.1) is 5.82 Å². The van der Waals surface area contributed by atoms with Gasteiger partial charge in [-0.15, -0.1) is 0 Å². The molecular formula is C17H18F2N2O3. The summed E-state index contributed by atoms with van der Waals surface area (Å²) in [5, 5.41) is 11.5. The number of carbonyl (C=O) groups is 2. The van der Waals surface area contributed by atoms with E-state index in [-0.39, 0.29) is 17.2 Å². The van der Waals surface area contributed by atoms with Crippen LogP contribution in [0.1, 0.15) is 36.7 Å². The Morgan fingerprint density at radius 3 is 2.50 bits per heavy atom. The molecule has 7 heteroatoms. The molecule has 0 spiro atoms. The number of aliphatic imine (C=N–C) groups is 1. The van der Waals surface area contributed by atoms with E-state index in [9.17, 15) is 18.4 Å². The van der Waals surface area contributed by atoms with Gasteiger partial charge in [-0.05, 0) is 45.0 Å². The number of halogens is 2. The predicted molar refractivity (Wildman–Crippen MR) is 88.0 cm³/mol. The van der Waals surface area contributed by atoms with Crippen molar-refractivity contribution in [3.63, 3.8) is 0 Å². The van der Waals surface area contributed by atoms with E-state index in [0.717, 1.165) is 25.1 Å². The fraction of sp³-hybridized carbons (Fsp3) is 0.235. The van der Waals surface area contributed by atoms with E-state index in [4.69, 9.17) is 5.11 Å². The summed E-state index contributed by atoms with van der Waals surface area (Å²) >= 11 is 0. The molecule has 0 bridgehead atoms. The number of amides is 1. The molecule has 0 aliphatic carbocycles. The Labute approximate surface area is 138 Å². The number of hydrogen-bond acceptors (Lipinski definition) is 3. The molecule has 1 amide bonds. The average molecular weight is 336 g/mol. The normalized spacial score (nSPS) is 12.7. The van der Waals surface area contributed by atoms with Crippen molar-refractivity contribution in [3.05, 3.63) is 53.6 Å². The van der Waals surface area contributed by atoms with Gasteiger partial charge in [0.2, 0.25) is 0 Å². The van der Waals surface area contributed by atoms with Gasteiger partial charge in [-0.25, -0.2) is 18.6 Å². The van der Waals surface area contributed by atoms with Crippen molar-refractivity contribution in [2.45, 2.75) is 26.8 Å². The third-order valence-corrected chi connectivity index (χ3v) is 2.90. The van der Waals surface area contributed by atoms with Gasteiger partial charge in [0, 0.05) is 17.2 Å². The second-order valence-electron chi connectivity index (χ2n) is 5.23. The summed E-state index contributed by atoms with van der Waals surface area (Å²) in [7, 11) is 0. The number of benzene rings is 1. The molecule has 0 saturated carbocycles. The van der Waals surface area contributed by atoms with Gasteiger partial charge in [-0.1, -0.05) is 6.58 Å². The topological polar surface area (TPSA) is 78.8 Å². The molecule has 24 heavy (non-hydrogen) atoms. The molecule has 5 nitrogen and oxygen atoms in total. The van der Waals surface area contributed by atoms with Gasteiger partial charge in [-0.3, -0.25) is 4.79 Å². The molecule has 0 atom stereocenters. The molecule has 1 aromatic carbocycles. The maximum atomic E-state index is 14.1. The first kappa shape index (κ1) is 19.2. The highest BCUT2D eigenvalue weighted by molar-refractivity contribution is 6.35. The van der Waals surface area contributed by atoms with Gasteiger partial charge in [0.1, 0.15) is 23.1 Å². The van der Waals surface area contributed by atoms with E-state index in [2.05, 4.69) is 16.9 Å². The van der Waals surface area contributed by atoms with Crippen LogP contribution in [0.2, 0.25) is 0 Å². The smallest absolute Gasteiger partial charge is 0.349 e. The zero-order chi connectivity index (χ0) is 18.4. The second-order valence-corrected chi connectivity index (χ2v) is 5.23. The highest BCUT2D eigenvalue weighted by Gasteiger charge is 2.17. The van der Waals surface area contributed by atoms with Crippen molar-refractivity contribution >= 4 is 23.3 Å². The van der Waals surface area contributed by atoms with Gasteiger partial charge >= 0.3 is 5.97 Å².